The van der Waals surface area contributed by atoms with Gasteiger partial charge >= 0.3 is 5.97 Å². The number of pyridine rings is 1. The minimum atomic E-state index is -0.740. The highest BCUT2D eigenvalue weighted by atomic mass is 16.5. The molecule has 6 heteroatoms. The largest absolute Gasteiger partial charge is 0.492 e. The molecule has 0 spiro atoms. The number of carboxylic acid groups (broad SMARTS) is 1. The van der Waals surface area contributed by atoms with E-state index in [9.17, 15) is 4.79 Å². The number of ether oxygens (including phenoxy) is 1. The predicted molar refractivity (Wildman–Crippen MR) is 103 cm³/mol. The van der Waals surface area contributed by atoms with Gasteiger partial charge in [0.2, 0.25) is 0 Å². The molecule has 0 saturated heterocycles. The molecule has 3 rings (SSSR count). The van der Waals surface area contributed by atoms with Crippen LogP contribution < -0.4 is 4.74 Å². The third kappa shape index (κ3) is 5.95. The summed E-state index contributed by atoms with van der Waals surface area (Å²) < 4.78 is 5.77. The molecular weight excluding hydrogens is 342 g/mol. The van der Waals surface area contributed by atoms with Crippen molar-refractivity contribution in [1.29, 1.82) is 0 Å². The fourth-order valence-electron chi connectivity index (χ4n) is 2.87. The zero-order valence-corrected chi connectivity index (χ0v) is 15.1. The Bertz CT molecular complexity index is 845. The van der Waals surface area contributed by atoms with Crippen molar-refractivity contribution in [3.8, 4) is 17.1 Å². The van der Waals surface area contributed by atoms with Gasteiger partial charge in [0.05, 0.1) is 24.2 Å². The number of hydrogen-bond acceptors (Lipinski definition) is 4. The van der Waals surface area contributed by atoms with Crippen LogP contribution in [-0.2, 0) is 17.6 Å². The van der Waals surface area contributed by atoms with E-state index in [1.807, 2.05) is 24.3 Å². The Morgan fingerprint density at radius 3 is 2.56 bits per heavy atom. The summed E-state index contributed by atoms with van der Waals surface area (Å²) in [6.07, 6.45) is 6.93. The summed E-state index contributed by atoms with van der Waals surface area (Å²) in [5.74, 6) is 0.0103. The Morgan fingerprint density at radius 2 is 1.89 bits per heavy atom. The first-order chi connectivity index (χ1) is 13.2. The predicted octanol–water partition coefficient (Wildman–Crippen LogP) is 3.89. The lowest BCUT2D eigenvalue weighted by atomic mass is 10.0. The van der Waals surface area contributed by atoms with Gasteiger partial charge in [-0.05, 0) is 55.0 Å². The Hall–Kier alpha value is -3.15. The maximum atomic E-state index is 10.6. The molecule has 0 bridgehead atoms. The van der Waals surface area contributed by atoms with Gasteiger partial charge in [-0.15, -0.1) is 0 Å². The Morgan fingerprint density at radius 1 is 1.07 bits per heavy atom. The number of hydrogen-bond donors (Lipinski definition) is 2. The summed E-state index contributed by atoms with van der Waals surface area (Å²) >= 11 is 0. The van der Waals surface area contributed by atoms with E-state index in [1.165, 1.54) is 11.1 Å². The number of aromatic nitrogens is 3. The molecule has 6 nitrogen and oxygen atoms in total. The van der Waals surface area contributed by atoms with Crippen LogP contribution in [0.4, 0.5) is 0 Å². The second kappa shape index (κ2) is 9.52. The van der Waals surface area contributed by atoms with Crippen LogP contribution in [0, 0.1) is 0 Å². The number of carboxylic acids is 1. The zero-order valence-electron chi connectivity index (χ0n) is 15.1. The lowest BCUT2D eigenvalue weighted by Crippen LogP contribution is -2.00. The van der Waals surface area contributed by atoms with Crippen LogP contribution in [0.25, 0.3) is 11.4 Å². The van der Waals surface area contributed by atoms with E-state index < -0.39 is 5.97 Å². The van der Waals surface area contributed by atoms with E-state index in [0.717, 1.165) is 36.4 Å². The molecule has 0 aliphatic heterocycles. The van der Waals surface area contributed by atoms with Crippen LogP contribution >= 0.6 is 0 Å². The van der Waals surface area contributed by atoms with Crippen LogP contribution in [-0.4, -0.2) is 32.9 Å². The first-order valence-corrected chi connectivity index (χ1v) is 9.09. The molecule has 0 unspecified atom stereocenters. The van der Waals surface area contributed by atoms with Gasteiger partial charge < -0.3 is 9.84 Å². The fourth-order valence-corrected chi connectivity index (χ4v) is 2.87. The van der Waals surface area contributed by atoms with Crippen molar-refractivity contribution < 1.29 is 14.6 Å². The summed E-state index contributed by atoms with van der Waals surface area (Å²) in [6, 6.07) is 14.0. The zero-order chi connectivity index (χ0) is 18.9. The van der Waals surface area contributed by atoms with Gasteiger partial charge in [0.1, 0.15) is 5.75 Å². The maximum Gasteiger partial charge on any atom is 0.303 e. The van der Waals surface area contributed by atoms with Crippen molar-refractivity contribution in [2.24, 2.45) is 0 Å². The average Bonchev–Trinajstić information content (AvgIpc) is 3.21. The van der Waals surface area contributed by atoms with Gasteiger partial charge in [0, 0.05) is 12.6 Å². The highest BCUT2D eigenvalue weighted by molar-refractivity contribution is 5.66. The van der Waals surface area contributed by atoms with E-state index in [1.54, 1.807) is 12.4 Å². The third-order valence-corrected chi connectivity index (χ3v) is 4.24. The average molecular weight is 365 g/mol. The molecule has 0 radical (unpaired) electrons. The third-order valence-electron chi connectivity index (χ3n) is 4.24. The fraction of sp³-hybridized carbons (Fsp3) is 0.286. The Kier molecular flexibility index (Phi) is 6.57. The van der Waals surface area contributed by atoms with Gasteiger partial charge in [-0.1, -0.05) is 24.3 Å². The molecule has 1 aromatic carbocycles. The molecule has 2 N–H and O–H groups in total. The quantitative estimate of drug-likeness (QED) is 0.532. The molecule has 2 aromatic heterocycles. The molecule has 0 fully saturated rings. The Balaban J connectivity index is 1.41. The molecule has 27 heavy (non-hydrogen) atoms. The van der Waals surface area contributed by atoms with E-state index >= 15 is 0 Å². The highest BCUT2D eigenvalue weighted by Gasteiger charge is 2.03. The Labute approximate surface area is 158 Å². The topological polar surface area (TPSA) is 88.1 Å². The van der Waals surface area contributed by atoms with Gasteiger partial charge in [0.25, 0.3) is 0 Å². The second-order valence-corrected chi connectivity index (χ2v) is 6.37. The van der Waals surface area contributed by atoms with Crippen molar-refractivity contribution in [2.45, 2.75) is 32.1 Å². The lowest BCUT2D eigenvalue weighted by Gasteiger charge is -2.08. The molecular formula is C21H23N3O3. The molecule has 0 aliphatic carbocycles. The summed E-state index contributed by atoms with van der Waals surface area (Å²) in [7, 11) is 0. The minimum absolute atomic E-state index is 0.214. The van der Waals surface area contributed by atoms with Gasteiger partial charge in [-0.2, -0.15) is 5.10 Å². The number of rotatable bonds is 10. The molecule has 0 saturated carbocycles. The number of aryl methyl sites for hydroxylation is 2. The smallest absolute Gasteiger partial charge is 0.303 e. The number of carbonyl (C=O) groups is 1. The number of nitrogens with zero attached hydrogens (tertiary/aromatic N) is 2. The number of H-pyrrole nitrogens is 1. The summed E-state index contributed by atoms with van der Waals surface area (Å²) in [4.78, 5) is 15.0. The van der Waals surface area contributed by atoms with Crippen LogP contribution in [0.2, 0.25) is 0 Å². The van der Waals surface area contributed by atoms with E-state index in [0.29, 0.717) is 13.0 Å². The maximum absolute atomic E-state index is 10.6. The normalized spacial score (nSPS) is 10.7. The van der Waals surface area contributed by atoms with Gasteiger partial charge in [0.15, 0.2) is 0 Å². The van der Waals surface area contributed by atoms with Crippen LogP contribution in [0.1, 0.15) is 30.4 Å². The van der Waals surface area contributed by atoms with Crippen molar-refractivity contribution in [3.63, 3.8) is 0 Å². The number of nitrogens with one attached hydrogen (secondary N) is 1. The lowest BCUT2D eigenvalue weighted by molar-refractivity contribution is -0.137. The highest BCUT2D eigenvalue weighted by Crippen LogP contribution is 2.17. The summed E-state index contributed by atoms with van der Waals surface area (Å²) in [5, 5.41) is 15.5. The first kappa shape index (κ1) is 18.6. The van der Waals surface area contributed by atoms with Crippen molar-refractivity contribution in [3.05, 3.63) is 66.0 Å². The van der Waals surface area contributed by atoms with Gasteiger partial charge in [-0.3, -0.25) is 14.9 Å². The SMILES string of the molecule is O=C(O)CCCc1cccc(CCCOc2ccc(-c3ccn[nH]3)nc2)c1. The number of aromatic amines is 1. The monoisotopic (exact) mass is 365 g/mol. The molecule has 0 atom stereocenters. The van der Waals surface area contributed by atoms with Crippen LogP contribution in [0.3, 0.4) is 0 Å². The van der Waals surface area contributed by atoms with E-state index in [-0.39, 0.29) is 6.42 Å². The summed E-state index contributed by atoms with van der Waals surface area (Å²) in [6.45, 7) is 0.619. The van der Waals surface area contributed by atoms with Crippen molar-refractivity contribution in [1.82, 2.24) is 15.2 Å². The van der Waals surface area contributed by atoms with E-state index in [2.05, 4.69) is 33.4 Å². The molecule has 3 aromatic rings. The number of benzene rings is 1. The molecule has 140 valence electrons. The van der Waals surface area contributed by atoms with E-state index in [4.69, 9.17) is 9.84 Å². The standard InChI is InChI=1S/C21H23N3O3/c25-21(26)8-2-6-16-4-1-5-17(14-16)7-3-13-27-18-9-10-19(22-15-18)20-11-12-23-24-20/h1,4-5,9-12,14-15H,2-3,6-8,13H2,(H,23,24)(H,25,26). The first-order valence-electron chi connectivity index (χ1n) is 9.09. The van der Waals surface area contributed by atoms with Gasteiger partial charge in [-0.25, -0.2) is 0 Å². The molecule has 2 heterocycles. The summed E-state index contributed by atoms with van der Waals surface area (Å²) in [5.41, 5.74) is 4.15. The minimum Gasteiger partial charge on any atom is -0.492 e. The van der Waals surface area contributed by atoms with Crippen LogP contribution in [0.5, 0.6) is 5.75 Å². The second-order valence-electron chi connectivity index (χ2n) is 6.37. The molecule has 0 amide bonds. The van der Waals surface area contributed by atoms with Crippen LogP contribution in [0.15, 0.2) is 54.9 Å². The number of aliphatic carboxylic acids is 1. The van der Waals surface area contributed by atoms with Crippen molar-refractivity contribution >= 4 is 5.97 Å². The molecule has 0 aliphatic rings. The van der Waals surface area contributed by atoms with Crippen molar-refractivity contribution in [2.75, 3.05) is 6.61 Å².